The third-order valence-corrected chi connectivity index (χ3v) is 6.78. The standard InChI is InChI=1S/C27H31ClN2/c1-9-29-19(7)24(22-12-15(3)11-16(4)26(22)29)18(6)25-20(8)30(10-2)27-17(5)13-21(28)14-23(25)27/h11-14H,6,9-10H2,1-5,7-8H3. The van der Waals surface area contributed by atoms with Gasteiger partial charge in [-0.2, -0.15) is 0 Å². The number of rotatable bonds is 4. The van der Waals surface area contributed by atoms with Crippen LogP contribution in [0.15, 0.2) is 30.8 Å². The molecule has 3 heteroatoms. The highest BCUT2D eigenvalue weighted by atomic mass is 35.5. The van der Waals surface area contributed by atoms with Gasteiger partial charge in [0.1, 0.15) is 0 Å². The monoisotopic (exact) mass is 418 g/mol. The minimum atomic E-state index is 0.779. The topological polar surface area (TPSA) is 9.86 Å². The number of hydrogen-bond acceptors (Lipinski definition) is 0. The third kappa shape index (κ3) is 2.85. The molecule has 0 fully saturated rings. The number of nitrogens with zero attached hydrogens (tertiary/aromatic N) is 2. The van der Waals surface area contributed by atoms with Crippen LogP contribution in [-0.2, 0) is 13.1 Å². The summed E-state index contributed by atoms with van der Waals surface area (Å²) in [4.78, 5) is 0. The second-order valence-corrected chi connectivity index (χ2v) is 8.92. The highest BCUT2D eigenvalue weighted by Crippen LogP contribution is 2.41. The fraction of sp³-hybridized carbons (Fsp3) is 0.333. The molecule has 0 aliphatic rings. The molecule has 0 atom stereocenters. The number of benzene rings is 2. The van der Waals surface area contributed by atoms with Gasteiger partial charge in [-0.25, -0.2) is 0 Å². The van der Waals surface area contributed by atoms with Gasteiger partial charge in [0.2, 0.25) is 0 Å². The summed E-state index contributed by atoms with van der Waals surface area (Å²) < 4.78 is 4.82. The Hall–Kier alpha value is -2.45. The molecule has 0 bridgehead atoms. The maximum atomic E-state index is 6.50. The minimum absolute atomic E-state index is 0.779. The van der Waals surface area contributed by atoms with Gasteiger partial charge in [-0.15, -0.1) is 0 Å². The first-order valence-electron chi connectivity index (χ1n) is 10.8. The van der Waals surface area contributed by atoms with Crippen LogP contribution in [0.3, 0.4) is 0 Å². The molecule has 0 aliphatic carbocycles. The summed E-state index contributed by atoms with van der Waals surface area (Å²) in [5.41, 5.74) is 12.5. The van der Waals surface area contributed by atoms with E-state index in [2.05, 4.69) is 88.4 Å². The molecule has 0 saturated carbocycles. The lowest BCUT2D eigenvalue weighted by Crippen LogP contribution is -2.00. The summed E-state index contributed by atoms with van der Waals surface area (Å²) in [7, 11) is 0. The smallest absolute Gasteiger partial charge is 0.0519 e. The van der Waals surface area contributed by atoms with Crippen molar-refractivity contribution in [3.05, 3.63) is 75.1 Å². The average Bonchev–Trinajstić information content (AvgIpc) is 3.11. The molecule has 2 nitrogen and oxygen atoms in total. The van der Waals surface area contributed by atoms with Crippen LogP contribution >= 0.6 is 11.6 Å². The van der Waals surface area contributed by atoms with E-state index < -0.39 is 0 Å². The molecule has 0 spiro atoms. The molecule has 0 N–H and O–H groups in total. The molecule has 2 aromatic carbocycles. The summed E-state index contributed by atoms with van der Waals surface area (Å²) in [5.74, 6) is 0. The second kappa shape index (κ2) is 7.35. The van der Waals surface area contributed by atoms with Crippen molar-refractivity contribution < 1.29 is 0 Å². The van der Waals surface area contributed by atoms with Crippen molar-refractivity contribution in [2.45, 2.75) is 61.6 Å². The summed E-state index contributed by atoms with van der Waals surface area (Å²) in [5, 5.41) is 3.28. The summed E-state index contributed by atoms with van der Waals surface area (Å²) in [6, 6.07) is 8.75. The quantitative estimate of drug-likeness (QED) is 0.318. The lowest BCUT2D eigenvalue weighted by Gasteiger charge is -2.10. The van der Waals surface area contributed by atoms with E-state index in [4.69, 9.17) is 11.6 Å². The van der Waals surface area contributed by atoms with Gasteiger partial charge in [-0.05, 0) is 83.4 Å². The summed E-state index contributed by atoms with van der Waals surface area (Å²) in [6.45, 7) is 21.9. The number of aryl methyl sites for hydroxylation is 5. The van der Waals surface area contributed by atoms with E-state index in [-0.39, 0.29) is 0 Å². The van der Waals surface area contributed by atoms with Gasteiger partial charge in [-0.1, -0.05) is 29.8 Å². The van der Waals surface area contributed by atoms with Gasteiger partial charge in [0.05, 0.1) is 11.0 Å². The maximum Gasteiger partial charge on any atom is 0.0519 e. The Labute approximate surface area is 184 Å². The molecule has 2 heterocycles. The van der Waals surface area contributed by atoms with Crippen molar-refractivity contribution in [2.24, 2.45) is 0 Å². The van der Waals surface area contributed by atoms with Gasteiger partial charge < -0.3 is 9.13 Å². The van der Waals surface area contributed by atoms with E-state index >= 15 is 0 Å². The number of aromatic nitrogens is 2. The molecule has 2 aromatic heterocycles. The van der Waals surface area contributed by atoms with Crippen molar-refractivity contribution in [1.29, 1.82) is 0 Å². The molecule has 4 aromatic rings. The molecule has 156 valence electrons. The summed E-state index contributed by atoms with van der Waals surface area (Å²) >= 11 is 6.50. The molecule has 0 aliphatic heterocycles. The Morgan fingerprint density at radius 2 is 1.23 bits per heavy atom. The zero-order chi connectivity index (χ0) is 21.9. The van der Waals surface area contributed by atoms with E-state index in [1.165, 1.54) is 61.0 Å². The van der Waals surface area contributed by atoms with Gasteiger partial charge in [-0.3, -0.25) is 0 Å². The molecule has 0 amide bonds. The average molecular weight is 419 g/mol. The Balaban J connectivity index is 2.12. The van der Waals surface area contributed by atoms with E-state index in [0.29, 0.717) is 0 Å². The van der Waals surface area contributed by atoms with Crippen LogP contribution in [0.4, 0.5) is 0 Å². The fourth-order valence-electron chi connectivity index (χ4n) is 5.47. The molecule has 4 rings (SSSR count). The molecule has 0 saturated heterocycles. The van der Waals surface area contributed by atoms with Gasteiger partial charge >= 0.3 is 0 Å². The largest absolute Gasteiger partial charge is 0.344 e. The predicted octanol–water partition coefficient (Wildman–Crippen LogP) is 7.89. The zero-order valence-corrected chi connectivity index (χ0v) is 20.0. The highest BCUT2D eigenvalue weighted by molar-refractivity contribution is 6.31. The Morgan fingerprint density at radius 1 is 0.767 bits per heavy atom. The predicted molar refractivity (Wildman–Crippen MR) is 132 cm³/mol. The van der Waals surface area contributed by atoms with Crippen LogP contribution in [0, 0.1) is 34.6 Å². The van der Waals surface area contributed by atoms with Crippen molar-refractivity contribution in [3.8, 4) is 0 Å². The van der Waals surface area contributed by atoms with Crippen LogP contribution < -0.4 is 0 Å². The van der Waals surface area contributed by atoms with Crippen molar-refractivity contribution in [3.63, 3.8) is 0 Å². The first-order valence-corrected chi connectivity index (χ1v) is 11.2. The van der Waals surface area contributed by atoms with E-state index in [9.17, 15) is 0 Å². The molecular formula is C27H31ClN2. The van der Waals surface area contributed by atoms with E-state index in [1.54, 1.807) is 0 Å². The van der Waals surface area contributed by atoms with Crippen molar-refractivity contribution >= 4 is 39.0 Å². The Kier molecular flexibility index (Phi) is 5.10. The lowest BCUT2D eigenvalue weighted by molar-refractivity contribution is 0.764. The molecule has 0 radical (unpaired) electrons. The van der Waals surface area contributed by atoms with E-state index in [1.807, 2.05) is 0 Å². The zero-order valence-electron chi connectivity index (χ0n) is 19.2. The number of fused-ring (bicyclic) bond motifs is 2. The van der Waals surface area contributed by atoms with Gasteiger partial charge in [0.15, 0.2) is 0 Å². The Morgan fingerprint density at radius 3 is 1.73 bits per heavy atom. The molecule has 0 unspecified atom stereocenters. The second-order valence-electron chi connectivity index (χ2n) is 8.48. The van der Waals surface area contributed by atoms with Crippen LogP contribution in [-0.4, -0.2) is 9.13 Å². The Bertz CT molecular complexity index is 1230. The third-order valence-electron chi connectivity index (χ3n) is 6.56. The SMILES string of the molecule is C=C(c1c(C)n(CC)c2c(C)cc(C)cc12)c1c(C)n(CC)c2c(C)cc(Cl)cc12. The molecule has 30 heavy (non-hydrogen) atoms. The van der Waals surface area contributed by atoms with Crippen LogP contribution in [0.5, 0.6) is 0 Å². The molecular weight excluding hydrogens is 388 g/mol. The van der Waals surface area contributed by atoms with Gasteiger partial charge in [0, 0.05) is 51.4 Å². The number of hydrogen-bond donors (Lipinski definition) is 0. The first-order chi connectivity index (χ1) is 14.2. The fourth-order valence-corrected chi connectivity index (χ4v) is 5.74. The van der Waals surface area contributed by atoms with Crippen LogP contribution in [0.25, 0.3) is 27.4 Å². The van der Waals surface area contributed by atoms with Crippen molar-refractivity contribution in [2.75, 3.05) is 0 Å². The van der Waals surface area contributed by atoms with Gasteiger partial charge in [0.25, 0.3) is 0 Å². The number of halogens is 1. The van der Waals surface area contributed by atoms with E-state index in [0.717, 1.165) is 23.7 Å². The van der Waals surface area contributed by atoms with Crippen molar-refractivity contribution in [1.82, 2.24) is 9.13 Å². The van der Waals surface area contributed by atoms with Crippen LogP contribution in [0.2, 0.25) is 5.02 Å². The van der Waals surface area contributed by atoms with Crippen LogP contribution in [0.1, 0.15) is 53.1 Å². The lowest BCUT2D eigenvalue weighted by atomic mass is 9.93. The summed E-state index contributed by atoms with van der Waals surface area (Å²) in [6.07, 6.45) is 0. The normalized spacial score (nSPS) is 11.7. The maximum absolute atomic E-state index is 6.50. The first kappa shape index (κ1) is 20.8. The minimum Gasteiger partial charge on any atom is -0.344 e. The highest BCUT2D eigenvalue weighted by Gasteiger charge is 2.23.